The van der Waals surface area contributed by atoms with Crippen LogP contribution >= 0.6 is 11.6 Å². The minimum Gasteiger partial charge on any atom is -0.477 e. The Hall–Kier alpha value is -2.60. The largest absolute Gasteiger partial charge is 0.477 e. The van der Waals surface area contributed by atoms with Gasteiger partial charge in [0.1, 0.15) is 5.69 Å². The molecule has 0 saturated heterocycles. The zero-order valence-corrected chi connectivity index (χ0v) is 10.9. The van der Waals surface area contributed by atoms with Crippen molar-refractivity contribution in [3.05, 3.63) is 52.7 Å². The number of carboxylic acid groups (broad SMARTS) is 1. The van der Waals surface area contributed by atoms with Gasteiger partial charge >= 0.3 is 5.97 Å². The van der Waals surface area contributed by atoms with Crippen molar-refractivity contribution >= 4 is 35.4 Å². The molecule has 0 aliphatic rings. The summed E-state index contributed by atoms with van der Waals surface area (Å²) in [5.41, 5.74) is 0.681. The number of nitrogens with zero attached hydrogens (tertiary/aromatic N) is 1. The highest BCUT2D eigenvalue weighted by atomic mass is 35.5. The number of amides is 1. The molecule has 0 fully saturated rings. The van der Waals surface area contributed by atoms with Crippen LogP contribution in [0.15, 0.2) is 36.4 Å². The summed E-state index contributed by atoms with van der Waals surface area (Å²) in [6.45, 7) is 0. The van der Waals surface area contributed by atoms with Crippen molar-refractivity contribution in [1.29, 1.82) is 0 Å². The smallest absolute Gasteiger partial charge is 0.353 e. The van der Waals surface area contributed by atoms with Gasteiger partial charge < -0.3 is 10.4 Å². The molecular weight excluding hydrogens is 282 g/mol. The number of hydrogen-bond donors (Lipinski definition) is 3. The fraction of sp³-hybridized carbons (Fsp3) is 0. The fourth-order valence-electron chi connectivity index (χ4n) is 1.45. The van der Waals surface area contributed by atoms with Crippen molar-refractivity contribution in [2.45, 2.75) is 0 Å². The Bertz CT molecular complexity index is 679. The molecule has 0 aliphatic heterocycles. The van der Waals surface area contributed by atoms with E-state index in [0.29, 0.717) is 5.02 Å². The number of aromatic nitrogens is 2. The molecular formula is C13H10ClN3O3. The molecule has 1 aromatic heterocycles. The van der Waals surface area contributed by atoms with E-state index in [4.69, 9.17) is 16.7 Å². The highest BCUT2D eigenvalue weighted by Crippen LogP contribution is 2.12. The molecule has 1 amide bonds. The van der Waals surface area contributed by atoms with Crippen LogP contribution in [0.4, 0.5) is 5.82 Å². The minimum atomic E-state index is -1.15. The molecule has 2 rings (SSSR count). The van der Waals surface area contributed by atoms with Gasteiger partial charge in [-0.05, 0) is 23.8 Å². The first-order valence-electron chi connectivity index (χ1n) is 5.58. The number of nitrogens with one attached hydrogen (secondary N) is 2. The number of anilines is 1. The molecule has 0 spiro atoms. The third-order valence-corrected chi connectivity index (χ3v) is 2.57. The lowest BCUT2D eigenvalue weighted by Crippen LogP contribution is -2.07. The summed E-state index contributed by atoms with van der Waals surface area (Å²) in [6.07, 6.45) is 2.90. The number of H-pyrrole nitrogens is 1. The van der Waals surface area contributed by atoms with Gasteiger partial charge in [0.15, 0.2) is 5.82 Å². The third-order valence-electron chi connectivity index (χ3n) is 2.34. The second-order valence-electron chi connectivity index (χ2n) is 3.85. The number of aromatic carboxylic acids is 1. The van der Waals surface area contributed by atoms with Gasteiger partial charge in [0, 0.05) is 17.2 Å². The van der Waals surface area contributed by atoms with Crippen LogP contribution in [0.1, 0.15) is 16.1 Å². The molecule has 0 radical (unpaired) electrons. The van der Waals surface area contributed by atoms with Gasteiger partial charge in [0.05, 0.1) is 0 Å². The number of carbonyl (C=O) groups excluding carboxylic acids is 1. The van der Waals surface area contributed by atoms with Crippen LogP contribution in [-0.2, 0) is 4.79 Å². The molecule has 1 heterocycles. The van der Waals surface area contributed by atoms with Gasteiger partial charge in [-0.3, -0.25) is 9.89 Å². The lowest BCUT2D eigenvalue weighted by atomic mass is 10.2. The van der Waals surface area contributed by atoms with E-state index in [1.165, 1.54) is 12.1 Å². The van der Waals surface area contributed by atoms with Crippen LogP contribution in [0.25, 0.3) is 6.08 Å². The molecule has 102 valence electrons. The molecule has 2 aromatic rings. The summed E-state index contributed by atoms with van der Waals surface area (Å²) < 4.78 is 0. The summed E-state index contributed by atoms with van der Waals surface area (Å²) in [5, 5.41) is 17.7. The lowest BCUT2D eigenvalue weighted by molar-refractivity contribution is -0.111. The summed E-state index contributed by atoms with van der Waals surface area (Å²) in [5.74, 6) is -1.43. The number of benzene rings is 1. The van der Waals surface area contributed by atoms with E-state index in [1.54, 1.807) is 30.3 Å². The second kappa shape index (κ2) is 6.03. The topological polar surface area (TPSA) is 95.1 Å². The van der Waals surface area contributed by atoms with Gasteiger partial charge in [-0.25, -0.2) is 4.79 Å². The van der Waals surface area contributed by atoms with Gasteiger partial charge in [0.2, 0.25) is 5.91 Å². The van der Waals surface area contributed by atoms with Crippen molar-refractivity contribution in [2.24, 2.45) is 0 Å². The standard InChI is InChI=1S/C13H10ClN3O3/c14-9-3-1-2-8(6-9)4-5-12(18)15-11-7-10(13(19)20)16-17-11/h1-7H,(H,19,20)(H2,15,16,17,18). The molecule has 6 nitrogen and oxygen atoms in total. The number of halogens is 1. The Morgan fingerprint density at radius 2 is 2.15 bits per heavy atom. The zero-order valence-electron chi connectivity index (χ0n) is 10.1. The van der Waals surface area contributed by atoms with Crippen LogP contribution in [0.3, 0.4) is 0 Å². The van der Waals surface area contributed by atoms with Gasteiger partial charge in [-0.2, -0.15) is 5.10 Å². The zero-order chi connectivity index (χ0) is 14.5. The lowest BCUT2D eigenvalue weighted by Gasteiger charge is -1.96. The summed E-state index contributed by atoms with van der Waals surface area (Å²) in [7, 11) is 0. The van der Waals surface area contributed by atoms with Crippen molar-refractivity contribution < 1.29 is 14.7 Å². The number of aromatic amines is 1. The maximum absolute atomic E-state index is 11.6. The molecule has 0 unspecified atom stereocenters. The van der Waals surface area contributed by atoms with Crippen LogP contribution in [-0.4, -0.2) is 27.2 Å². The summed E-state index contributed by atoms with van der Waals surface area (Å²) in [4.78, 5) is 22.2. The minimum absolute atomic E-state index is 0.0980. The third kappa shape index (κ3) is 3.69. The number of carbonyl (C=O) groups is 2. The predicted molar refractivity (Wildman–Crippen MR) is 74.7 cm³/mol. The molecule has 0 aliphatic carbocycles. The monoisotopic (exact) mass is 291 g/mol. The molecule has 20 heavy (non-hydrogen) atoms. The molecule has 3 N–H and O–H groups in total. The van der Waals surface area contributed by atoms with E-state index in [2.05, 4.69) is 15.5 Å². The quantitative estimate of drug-likeness (QED) is 0.754. The Labute approximate surface area is 119 Å². The first-order valence-corrected chi connectivity index (χ1v) is 5.96. The van der Waals surface area contributed by atoms with E-state index in [9.17, 15) is 9.59 Å². The van der Waals surface area contributed by atoms with E-state index in [0.717, 1.165) is 5.56 Å². The van der Waals surface area contributed by atoms with E-state index in [-0.39, 0.29) is 11.5 Å². The van der Waals surface area contributed by atoms with Crippen molar-refractivity contribution in [2.75, 3.05) is 5.32 Å². The Morgan fingerprint density at radius 3 is 2.80 bits per heavy atom. The Morgan fingerprint density at radius 1 is 1.35 bits per heavy atom. The second-order valence-corrected chi connectivity index (χ2v) is 4.29. The number of carboxylic acids is 1. The Kier molecular flexibility index (Phi) is 4.17. The van der Waals surface area contributed by atoms with Crippen molar-refractivity contribution in [3.8, 4) is 0 Å². The molecule has 0 saturated carbocycles. The average Bonchev–Trinajstić information content (AvgIpc) is 2.85. The van der Waals surface area contributed by atoms with Crippen molar-refractivity contribution in [1.82, 2.24) is 10.2 Å². The highest BCUT2D eigenvalue weighted by Gasteiger charge is 2.08. The number of rotatable bonds is 4. The van der Waals surface area contributed by atoms with Gasteiger partial charge in [-0.15, -0.1) is 0 Å². The maximum atomic E-state index is 11.6. The van der Waals surface area contributed by atoms with Gasteiger partial charge in [-0.1, -0.05) is 23.7 Å². The SMILES string of the molecule is O=C(C=Cc1cccc(Cl)c1)Nc1cc(C(=O)O)[nH]n1. The predicted octanol–water partition coefficient (Wildman–Crippen LogP) is 2.41. The summed E-state index contributed by atoms with van der Waals surface area (Å²) in [6, 6.07) is 8.24. The molecule has 0 bridgehead atoms. The highest BCUT2D eigenvalue weighted by molar-refractivity contribution is 6.30. The normalized spacial score (nSPS) is 10.7. The maximum Gasteiger partial charge on any atom is 0.353 e. The molecule has 0 atom stereocenters. The average molecular weight is 292 g/mol. The van der Waals surface area contributed by atoms with E-state index in [1.807, 2.05) is 0 Å². The number of hydrogen-bond acceptors (Lipinski definition) is 3. The van der Waals surface area contributed by atoms with Gasteiger partial charge in [0.25, 0.3) is 0 Å². The van der Waals surface area contributed by atoms with E-state index >= 15 is 0 Å². The first-order chi connectivity index (χ1) is 9.54. The van der Waals surface area contributed by atoms with Crippen LogP contribution in [0.5, 0.6) is 0 Å². The van der Waals surface area contributed by atoms with E-state index < -0.39 is 11.9 Å². The molecule has 1 aromatic carbocycles. The fourth-order valence-corrected chi connectivity index (χ4v) is 1.64. The summed E-state index contributed by atoms with van der Waals surface area (Å²) >= 11 is 5.82. The molecule has 7 heteroatoms. The van der Waals surface area contributed by atoms with Crippen molar-refractivity contribution in [3.63, 3.8) is 0 Å². The van der Waals surface area contributed by atoms with Crippen LogP contribution in [0, 0.1) is 0 Å². The first kappa shape index (κ1) is 13.8. The van der Waals surface area contributed by atoms with Crippen LogP contribution < -0.4 is 5.32 Å². The van der Waals surface area contributed by atoms with Crippen LogP contribution in [0.2, 0.25) is 5.02 Å². The Balaban J connectivity index is 1.99.